The lowest BCUT2D eigenvalue weighted by Crippen LogP contribution is -2.33. The molecule has 1 aromatic carbocycles. The predicted octanol–water partition coefficient (Wildman–Crippen LogP) is 6.08. The molecule has 29 heavy (non-hydrogen) atoms. The Labute approximate surface area is 177 Å². The van der Waals surface area contributed by atoms with Crippen LogP contribution in [0.15, 0.2) is 46.4 Å². The van der Waals surface area contributed by atoms with E-state index in [1.54, 1.807) is 30.3 Å². The molecule has 1 N–H and O–H groups in total. The lowest BCUT2D eigenvalue weighted by molar-refractivity contribution is -0.0534. The van der Waals surface area contributed by atoms with Gasteiger partial charge in [-0.05, 0) is 37.1 Å². The van der Waals surface area contributed by atoms with Crippen LogP contribution in [0.4, 0.5) is 18.9 Å². The number of likely N-dealkylation sites (tertiary alicyclic amines) is 1. The van der Waals surface area contributed by atoms with Crippen LogP contribution in [-0.4, -0.2) is 48.3 Å². The van der Waals surface area contributed by atoms with Gasteiger partial charge in [0.1, 0.15) is 6.21 Å². The molecule has 0 bridgehead atoms. The van der Waals surface area contributed by atoms with Crippen molar-refractivity contribution in [3.05, 3.63) is 41.4 Å². The van der Waals surface area contributed by atoms with Gasteiger partial charge in [-0.3, -0.25) is 4.90 Å². The summed E-state index contributed by atoms with van der Waals surface area (Å²) in [5, 5.41) is 3.21. The zero-order chi connectivity index (χ0) is 21.7. The van der Waals surface area contributed by atoms with E-state index in [9.17, 15) is 13.2 Å². The molecule has 0 atom stereocenters. The first-order valence-corrected chi connectivity index (χ1v) is 10.4. The molecule has 0 unspecified atom stereocenters. The third kappa shape index (κ3) is 11.2. The second-order valence-electron chi connectivity index (χ2n) is 5.93. The fraction of sp³-hybridized carbons (Fsp3) is 0.450. The molecule has 1 aliphatic rings. The first-order valence-electron chi connectivity index (χ1n) is 9.52. The summed E-state index contributed by atoms with van der Waals surface area (Å²) in [6, 6.07) is 6.59. The molecule has 2 rings (SSSR count). The number of benzene rings is 1. The van der Waals surface area contributed by atoms with Crippen LogP contribution < -0.4 is 5.32 Å². The lowest BCUT2D eigenvalue weighted by atomic mass is 10.1. The van der Waals surface area contributed by atoms with Crippen molar-refractivity contribution in [2.24, 2.45) is 9.98 Å². The van der Waals surface area contributed by atoms with Gasteiger partial charge in [-0.25, -0.2) is 9.98 Å². The highest BCUT2D eigenvalue weighted by Crippen LogP contribution is 2.16. The third-order valence-corrected chi connectivity index (χ3v) is 4.45. The van der Waals surface area contributed by atoms with Gasteiger partial charge in [0.15, 0.2) is 0 Å². The molecule has 160 valence electrons. The fourth-order valence-electron chi connectivity index (χ4n) is 2.49. The normalized spacial score (nSPS) is 16.0. The van der Waals surface area contributed by atoms with Gasteiger partial charge in [-0.2, -0.15) is 13.2 Å². The van der Waals surface area contributed by atoms with E-state index in [1.165, 1.54) is 6.42 Å². The van der Waals surface area contributed by atoms with E-state index in [-0.39, 0.29) is 18.7 Å². The summed E-state index contributed by atoms with van der Waals surface area (Å²) in [5.74, 6) is -0.146. The Bertz CT molecular complexity index is 727. The molecule has 0 radical (unpaired) electrons. The smallest absolute Gasteiger partial charge is 0.324 e. The highest BCUT2D eigenvalue weighted by Gasteiger charge is 2.24. The molecule has 0 spiro atoms. The van der Waals surface area contributed by atoms with Gasteiger partial charge >= 0.3 is 6.18 Å². The van der Waals surface area contributed by atoms with Crippen LogP contribution in [0, 0.1) is 0 Å². The Kier molecular flexibility index (Phi) is 11.8. The average molecular weight is 447 g/mol. The Morgan fingerprint density at radius 2 is 1.93 bits per heavy atom. The molecular weight excluding hydrogens is 420 g/mol. The maximum Gasteiger partial charge on any atom is 0.426 e. The number of anilines is 1. The van der Waals surface area contributed by atoms with Crippen molar-refractivity contribution in [2.45, 2.75) is 39.3 Å². The zero-order valence-electron chi connectivity index (χ0n) is 16.6. The zero-order valence-corrected chi connectivity index (χ0v) is 18.4. The van der Waals surface area contributed by atoms with Crippen LogP contribution in [0.2, 0.25) is 5.02 Å². The topological polar surface area (TPSA) is 40.0 Å². The summed E-state index contributed by atoms with van der Waals surface area (Å²) < 4.78 is 37.3. The monoisotopic (exact) mass is 446 g/mol. The number of halogens is 4. The first kappa shape index (κ1) is 25.3. The van der Waals surface area contributed by atoms with Crippen LogP contribution in [0.1, 0.15) is 33.1 Å². The van der Waals surface area contributed by atoms with Crippen LogP contribution in [0.5, 0.6) is 0 Å². The molecule has 1 aliphatic heterocycles. The van der Waals surface area contributed by atoms with Crippen molar-refractivity contribution >= 4 is 43.7 Å². The number of alkyl halides is 3. The summed E-state index contributed by atoms with van der Waals surface area (Å²) in [7, 11) is 3.58. The number of nitrogens with zero attached hydrogens (tertiary/aromatic N) is 3. The second kappa shape index (κ2) is 13.5. The van der Waals surface area contributed by atoms with Crippen molar-refractivity contribution in [3.8, 4) is 0 Å². The molecule has 1 heterocycles. The van der Waals surface area contributed by atoms with Crippen LogP contribution in [0.3, 0.4) is 0 Å². The predicted molar refractivity (Wildman–Crippen MR) is 121 cm³/mol. The molecule has 1 aromatic rings. The van der Waals surface area contributed by atoms with Crippen LogP contribution in [0.25, 0.3) is 0 Å². The number of rotatable bonds is 5. The standard InChI is InChI=1S/C18H21ClF3N4P.C2H6/c19-14-6-4-7-15(12-14)25-17(24-13-18(20,21)22)23-9-5-8-16(27)26-10-2-1-3-11-26;1-2/h4-8,12-13,27H,1-3,9-11H2,(H,23,25);1-2H3/b8-5+,24-13+;. The minimum Gasteiger partial charge on any atom is -0.324 e. The Balaban J connectivity index is 0.00000204. The van der Waals surface area contributed by atoms with Crippen LogP contribution >= 0.6 is 20.5 Å². The van der Waals surface area contributed by atoms with E-state index >= 15 is 0 Å². The number of hydrogen-bond acceptors (Lipinski definition) is 1. The highest BCUT2D eigenvalue weighted by molar-refractivity contribution is 7.21. The summed E-state index contributed by atoms with van der Waals surface area (Å²) >= 11 is 5.89. The van der Waals surface area contributed by atoms with E-state index in [0.29, 0.717) is 10.7 Å². The van der Waals surface area contributed by atoms with Gasteiger partial charge in [-0.1, -0.05) is 44.0 Å². The average Bonchev–Trinajstić information content (AvgIpc) is 2.70. The largest absolute Gasteiger partial charge is 0.426 e. The van der Waals surface area contributed by atoms with Gasteiger partial charge in [0.25, 0.3) is 0 Å². The summed E-state index contributed by atoms with van der Waals surface area (Å²) in [4.78, 5) is 9.72. The molecule has 0 aromatic heterocycles. The number of piperidine rings is 1. The Morgan fingerprint density at radius 1 is 1.24 bits per heavy atom. The third-order valence-electron chi connectivity index (χ3n) is 3.73. The molecule has 4 nitrogen and oxygen atoms in total. The van der Waals surface area contributed by atoms with Gasteiger partial charge in [-0.15, -0.1) is 8.86 Å². The van der Waals surface area contributed by atoms with Crippen molar-refractivity contribution in [1.82, 2.24) is 4.90 Å². The Morgan fingerprint density at radius 3 is 2.55 bits per heavy atom. The SMILES string of the molecule is CC.FC(F)(F)/C=N/C(=NC/C=C/C(=P)N1CCCCC1)Nc1cccc(Cl)c1. The van der Waals surface area contributed by atoms with Crippen molar-refractivity contribution in [2.75, 3.05) is 25.0 Å². The number of nitrogens with one attached hydrogen (secondary N) is 1. The maximum absolute atomic E-state index is 12.4. The van der Waals surface area contributed by atoms with E-state index in [0.717, 1.165) is 31.3 Å². The number of aliphatic imine (C=N–C) groups is 2. The van der Waals surface area contributed by atoms with Gasteiger partial charge in [0.05, 0.1) is 6.54 Å². The molecule has 1 fully saturated rings. The first-order chi connectivity index (χ1) is 13.8. The van der Waals surface area contributed by atoms with E-state index in [4.69, 9.17) is 11.6 Å². The minimum atomic E-state index is -4.52. The van der Waals surface area contributed by atoms with Gasteiger partial charge in [0.2, 0.25) is 5.96 Å². The van der Waals surface area contributed by atoms with Gasteiger partial charge in [0, 0.05) is 29.2 Å². The van der Waals surface area contributed by atoms with E-state index in [2.05, 4.69) is 29.1 Å². The fourth-order valence-corrected chi connectivity index (χ4v) is 3.02. The maximum atomic E-state index is 12.4. The molecule has 1 saturated heterocycles. The van der Waals surface area contributed by atoms with E-state index in [1.807, 2.05) is 19.9 Å². The second-order valence-corrected chi connectivity index (χ2v) is 6.88. The number of guanidine groups is 1. The summed E-state index contributed by atoms with van der Waals surface area (Å²) in [5.41, 5.74) is 1.44. The number of hydrogen-bond donors (Lipinski definition) is 1. The molecular formula is C20H27ClF3N4P. The molecule has 0 saturated carbocycles. The van der Waals surface area contributed by atoms with Crippen LogP contribution in [-0.2, 0) is 0 Å². The highest BCUT2D eigenvalue weighted by atomic mass is 35.5. The van der Waals surface area contributed by atoms with Gasteiger partial charge < -0.3 is 5.32 Å². The quantitative estimate of drug-likeness (QED) is 0.338. The molecule has 9 heteroatoms. The van der Waals surface area contributed by atoms with Crippen molar-refractivity contribution in [1.29, 1.82) is 0 Å². The summed E-state index contributed by atoms with van der Waals surface area (Å²) in [6.45, 7) is 6.16. The van der Waals surface area contributed by atoms with E-state index < -0.39 is 6.18 Å². The molecule has 0 amide bonds. The van der Waals surface area contributed by atoms with Crippen molar-refractivity contribution in [3.63, 3.8) is 0 Å². The Hall–Kier alpha value is -1.69. The summed E-state index contributed by atoms with van der Waals surface area (Å²) in [6.07, 6.45) is 2.55. The minimum absolute atomic E-state index is 0.0947. The lowest BCUT2D eigenvalue weighted by Gasteiger charge is -2.26. The van der Waals surface area contributed by atoms with Crippen molar-refractivity contribution < 1.29 is 13.2 Å². The molecule has 0 aliphatic carbocycles.